The van der Waals surface area contributed by atoms with E-state index in [2.05, 4.69) is 0 Å². The van der Waals surface area contributed by atoms with Crippen molar-refractivity contribution in [3.63, 3.8) is 0 Å². The molecule has 0 amide bonds. The van der Waals surface area contributed by atoms with Crippen molar-refractivity contribution >= 4 is 5.69 Å². The van der Waals surface area contributed by atoms with Crippen molar-refractivity contribution in [1.29, 1.82) is 5.26 Å². The molecule has 0 atom stereocenters. The van der Waals surface area contributed by atoms with E-state index in [0.717, 1.165) is 24.3 Å². The molecule has 0 aliphatic carbocycles. The molecule has 100 valence electrons. The van der Waals surface area contributed by atoms with Gasteiger partial charge in [-0.05, 0) is 18.2 Å². The Bertz CT molecular complexity index is 726. The van der Waals surface area contributed by atoms with Crippen molar-refractivity contribution in [1.82, 2.24) is 0 Å². The summed E-state index contributed by atoms with van der Waals surface area (Å²) in [6.07, 6.45) is 0. The molecule has 0 N–H and O–H groups in total. The highest BCUT2D eigenvalue weighted by molar-refractivity contribution is 5.53. The third-order valence-electron chi connectivity index (χ3n) is 2.40. The molecule has 0 unspecified atom stereocenters. The van der Waals surface area contributed by atoms with Crippen LogP contribution in [0.2, 0.25) is 0 Å². The second kappa shape index (κ2) is 5.32. The van der Waals surface area contributed by atoms with E-state index in [1.54, 1.807) is 6.07 Å². The quantitative estimate of drug-likeness (QED) is 0.634. The van der Waals surface area contributed by atoms with Crippen LogP contribution < -0.4 is 4.74 Å². The van der Waals surface area contributed by atoms with Gasteiger partial charge in [-0.25, -0.2) is 8.78 Å². The SMILES string of the molecule is N#Cc1ccc([N+](=O)[O-])c(Oc2ccc(F)cc2F)c1. The molecule has 0 heterocycles. The summed E-state index contributed by atoms with van der Waals surface area (Å²) < 4.78 is 31.3. The molecule has 5 nitrogen and oxygen atoms in total. The number of rotatable bonds is 3. The van der Waals surface area contributed by atoms with Crippen LogP contribution >= 0.6 is 0 Å². The maximum Gasteiger partial charge on any atom is 0.311 e. The number of ether oxygens (including phenoxy) is 1. The van der Waals surface area contributed by atoms with Gasteiger partial charge in [0, 0.05) is 18.2 Å². The average Bonchev–Trinajstić information content (AvgIpc) is 2.41. The van der Waals surface area contributed by atoms with Crippen LogP contribution in [0.15, 0.2) is 36.4 Å². The molecule has 2 aromatic carbocycles. The summed E-state index contributed by atoms with van der Waals surface area (Å²) >= 11 is 0. The number of benzene rings is 2. The second-order valence-electron chi connectivity index (χ2n) is 3.73. The van der Waals surface area contributed by atoms with Crippen LogP contribution in [-0.4, -0.2) is 4.92 Å². The Morgan fingerprint density at radius 1 is 1.15 bits per heavy atom. The maximum absolute atomic E-state index is 13.5. The highest BCUT2D eigenvalue weighted by atomic mass is 19.1. The monoisotopic (exact) mass is 276 g/mol. The zero-order valence-electron chi connectivity index (χ0n) is 9.84. The first kappa shape index (κ1) is 13.4. The Hall–Kier alpha value is -3.01. The van der Waals surface area contributed by atoms with Crippen molar-refractivity contribution in [2.24, 2.45) is 0 Å². The Labute approximate surface area is 111 Å². The Balaban J connectivity index is 2.46. The number of halogens is 2. The molecular formula is C13H6F2N2O3. The lowest BCUT2D eigenvalue weighted by Gasteiger charge is -2.07. The molecular weight excluding hydrogens is 270 g/mol. The van der Waals surface area contributed by atoms with E-state index >= 15 is 0 Å². The third-order valence-corrected chi connectivity index (χ3v) is 2.40. The van der Waals surface area contributed by atoms with Gasteiger partial charge < -0.3 is 4.74 Å². The van der Waals surface area contributed by atoms with Crippen LogP contribution in [0, 0.1) is 33.1 Å². The van der Waals surface area contributed by atoms with Crippen molar-refractivity contribution < 1.29 is 18.4 Å². The molecule has 2 rings (SSSR count). The van der Waals surface area contributed by atoms with Gasteiger partial charge in [0.05, 0.1) is 16.6 Å². The van der Waals surface area contributed by atoms with E-state index < -0.39 is 22.2 Å². The van der Waals surface area contributed by atoms with E-state index in [-0.39, 0.29) is 17.1 Å². The second-order valence-corrected chi connectivity index (χ2v) is 3.73. The summed E-state index contributed by atoms with van der Waals surface area (Å²) in [5.74, 6) is -2.46. The minimum atomic E-state index is -0.998. The van der Waals surface area contributed by atoms with Crippen LogP contribution in [0.1, 0.15) is 5.56 Å². The molecule has 0 aliphatic rings. The average molecular weight is 276 g/mol. The normalized spacial score (nSPS) is 9.85. The van der Waals surface area contributed by atoms with Gasteiger partial charge in [-0.15, -0.1) is 0 Å². The van der Waals surface area contributed by atoms with Gasteiger partial charge in [-0.1, -0.05) is 0 Å². The summed E-state index contributed by atoms with van der Waals surface area (Å²) in [5.41, 5.74) is -0.305. The van der Waals surface area contributed by atoms with Crippen molar-refractivity contribution in [3.8, 4) is 17.6 Å². The molecule has 0 aliphatic heterocycles. The lowest BCUT2D eigenvalue weighted by Crippen LogP contribution is -1.96. The van der Waals surface area contributed by atoms with Crippen LogP contribution in [0.25, 0.3) is 0 Å². The van der Waals surface area contributed by atoms with E-state index in [0.29, 0.717) is 6.07 Å². The number of nitriles is 1. The Kier molecular flexibility index (Phi) is 3.57. The molecule has 7 heteroatoms. The van der Waals surface area contributed by atoms with Gasteiger partial charge in [0.25, 0.3) is 0 Å². The lowest BCUT2D eigenvalue weighted by atomic mass is 10.2. The molecule has 0 radical (unpaired) electrons. The number of nitro groups is 1. The first-order valence-electron chi connectivity index (χ1n) is 5.32. The fourth-order valence-electron chi connectivity index (χ4n) is 1.49. The highest BCUT2D eigenvalue weighted by Gasteiger charge is 2.18. The predicted octanol–water partition coefficient (Wildman–Crippen LogP) is 3.54. The van der Waals surface area contributed by atoms with Crippen LogP contribution in [0.3, 0.4) is 0 Å². The van der Waals surface area contributed by atoms with Crippen LogP contribution in [0.5, 0.6) is 11.5 Å². The number of nitrogens with zero attached hydrogens (tertiary/aromatic N) is 2. The molecule has 20 heavy (non-hydrogen) atoms. The summed E-state index contributed by atoms with van der Waals surface area (Å²) in [4.78, 5) is 10.1. The Morgan fingerprint density at radius 2 is 1.90 bits per heavy atom. The maximum atomic E-state index is 13.5. The zero-order valence-corrected chi connectivity index (χ0v) is 9.84. The molecule has 0 aromatic heterocycles. The number of hydrogen-bond acceptors (Lipinski definition) is 4. The fraction of sp³-hybridized carbons (Fsp3) is 0. The van der Waals surface area contributed by atoms with E-state index in [1.165, 1.54) is 6.07 Å². The minimum Gasteiger partial charge on any atom is -0.447 e. The first-order valence-corrected chi connectivity index (χ1v) is 5.32. The zero-order chi connectivity index (χ0) is 14.7. The number of hydrogen-bond donors (Lipinski definition) is 0. The molecule has 0 fully saturated rings. The summed E-state index contributed by atoms with van der Waals surface area (Å²) in [7, 11) is 0. The minimum absolute atomic E-state index is 0.119. The van der Waals surface area contributed by atoms with E-state index in [9.17, 15) is 18.9 Å². The molecule has 0 bridgehead atoms. The molecule has 0 saturated heterocycles. The van der Waals surface area contributed by atoms with Gasteiger partial charge >= 0.3 is 5.69 Å². The topological polar surface area (TPSA) is 76.2 Å². The largest absolute Gasteiger partial charge is 0.447 e. The molecule has 2 aromatic rings. The molecule has 0 saturated carbocycles. The van der Waals surface area contributed by atoms with Crippen molar-refractivity contribution in [2.75, 3.05) is 0 Å². The highest BCUT2D eigenvalue weighted by Crippen LogP contribution is 2.33. The van der Waals surface area contributed by atoms with Crippen molar-refractivity contribution in [2.45, 2.75) is 0 Å². The molecule has 0 spiro atoms. The third kappa shape index (κ3) is 2.70. The summed E-state index contributed by atoms with van der Waals surface area (Å²) in [6, 6.07) is 7.78. The predicted molar refractivity (Wildman–Crippen MR) is 64.2 cm³/mol. The summed E-state index contributed by atoms with van der Waals surface area (Å²) in [6.45, 7) is 0. The van der Waals surface area contributed by atoms with Gasteiger partial charge in [-0.3, -0.25) is 10.1 Å². The van der Waals surface area contributed by atoms with Crippen LogP contribution in [0.4, 0.5) is 14.5 Å². The van der Waals surface area contributed by atoms with Crippen LogP contribution in [-0.2, 0) is 0 Å². The Morgan fingerprint density at radius 3 is 2.50 bits per heavy atom. The van der Waals surface area contributed by atoms with E-state index in [1.807, 2.05) is 0 Å². The first-order chi connectivity index (χ1) is 9.51. The number of nitro benzene ring substituents is 1. The van der Waals surface area contributed by atoms with Gasteiger partial charge in [0.15, 0.2) is 11.6 Å². The standard InChI is InChI=1S/C13H6F2N2O3/c14-9-2-4-12(10(15)6-9)20-13-5-8(7-16)1-3-11(13)17(18)19/h1-6H. The smallest absolute Gasteiger partial charge is 0.311 e. The van der Waals surface area contributed by atoms with Crippen molar-refractivity contribution in [3.05, 3.63) is 63.7 Å². The van der Waals surface area contributed by atoms with Gasteiger partial charge in [0.2, 0.25) is 5.75 Å². The van der Waals surface area contributed by atoms with E-state index in [4.69, 9.17) is 10.00 Å². The van der Waals surface area contributed by atoms with Gasteiger partial charge in [-0.2, -0.15) is 5.26 Å². The van der Waals surface area contributed by atoms with Gasteiger partial charge in [0.1, 0.15) is 5.82 Å². The lowest BCUT2D eigenvalue weighted by molar-refractivity contribution is -0.385. The summed E-state index contributed by atoms with van der Waals surface area (Å²) in [5, 5.41) is 19.6. The fourth-order valence-corrected chi connectivity index (χ4v) is 1.49.